The highest BCUT2D eigenvalue weighted by atomic mass is 32.2. The minimum atomic E-state index is -4.30. The summed E-state index contributed by atoms with van der Waals surface area (Å²) in [6.45, 7) is 0.115. The number of rotatable bonds is 6. The summed E-state index contributed by atoms with van der Waals surface area (Å²) < 4.78 is 73.1. The zero-order valence-electron chi connectivity index (χ0n) is 20.1. The summed E-state index contributed by atoms with van der Waals surface area (Å²) in [6, 6.07) is 5.29. The summed E-state index contributed by atoms with van der Waals surface area (Å²) in [5.41, 5.74) is 0.743. The van der Waals surface area contributed by atoms with Crippen molar-refractivity contribution in [2.75, 3.05) is 17.3 Å². The summed E-state index contributed by atoms with van der Waals surface area (Å²) in [4.78, 5) is 15.3. The van der Waals surface area contributed by atoms with E-state index in [0.717, 1.165) is 24.0 Å². The Labute approximate surface area is 222 Å². The molecule has 4 aliphatic heterocycles. The van der Waals surface area contributed by atoms with E-state index in [9.17, 15) is 31.1 Å². The van der Waals surface area contributed by atoms with Gasteiger partial charge in [0.15, 0.2) is 5.84 Å². The van der Waals surface area contributed by atoms with Gasteiger partial charge in [-0.15, -0.1) is 15.7 Å². The molecule has 14 heteroatoms. The maximum absolute atomic E-state index is 13.9. The number of halogens is 1. The molecule has 2 fully saturated rings. The van der Waals surface area contributed by atoms with Crippen molar-refractivity contribution >= 4 is 47.9 Å². The van der Waals surface area contributed by atoms with Crippen molar-refractivity contribution in [3.05, 3.63) is 57.9 Å². The van der Waals surface area contributed by atoms with Gasteiger partial charge in [0.2, 0.25) is 0 Å². The SMILES string of the molecule is CS(=O)(=O)CCc1csc2c1S(=O)(=O)N=C(C1=C(O)C3C4CCC(O4)C3N(Cc3ccc(F)cc3)C1=O)N2. The van der Waals surface area contributed by atoms with Crippen LogP contribution in [0.25, 0.3) is 0 Å². The molecule has 2 saturated heterocycles. The van der Waals surface area contributed by atoms with Gasteiger partial charge in [-0.25, -0.2) is 12.8 Å². The smallest absolute Gasteiger partial charge is 0.287 e. The first-order valence-electron chi connectivity index (χ1n) is 12.0. The summed E-state index contributed by atoms with van der Waals surface area (Å²) in [5, 5.41) is 16.0. The Hall–Kier alpha value is -2.81. The van der Waals surface area contributed by atoms with E-state index in [4.69, 9.17) is 4.74 Å². The lowest BCUT2D eigenvalue weighted by atomic mass is 9.78. The van der Waals surface area contributed by atoms with Crippen molar-refractivity contribution in [3.63, 3.8) is 0 Å². The number of nitrogens with zero attached hydrogens (tertiary/aromatic N) is 2. The fraction of sp³-hybridized carbons (Fsp3) is 0.417. The number of sulfonamides is 1. The first-order chi connectivity index (χ1) is 17.9. The lowest BCUT2D eigenvalue weighted by molar-refractivity contribution is -0.133. The van der Waals surface area contributed by atoms with Crippen LogP contribution in [0.3, 0.4) is 0 Å². The van der Waals surface area contributed by atoms with Crippen LogP contribution in [0.4, 0.5) is 9.39 Å². The lowest BCUT2D eigenvalue weighted by Crippen LogP contribution is -2.55. The lowest BCUT2D eigenvalue weighted by Gasteiger charge is -2.42. The molecule has 202 valence electrons. The molecule has 38 heavy (non-hydrogen) atoms. The zero-order chi connectivity index (χ0) is 27.0. The molecule has 4 unspecified atom stereocenters. The van der Waals surface area contributed by atoms with Gasteiger partial charge in [-0.2, -0.15) is 8.42 Å². The quantitative estimate of drug-likeness (QED) is 0.530. The molecule has 0 aliphatic carbocycles. The van der Waals surface area contributed by atoms with Crippen molar-refractivity contribution < 1.29 is 35.9 Å². The van der Waals surface area contributed by atoms with Gasteiger partial charge >= 0.3 is 0 Å². The second-order valence-corrected chi connectivity index (χ2v) is 14.6. The Morgan fingerprint density at radius 3 is 2.66 bits per heavy atom. The molecule has 2 bridgehead atoms. The van der Waals surface area contributed by atoms with Crippen molar-refractivity contribution in [2.24, 2.45) is 10.3 Å². The van der Waals surface area contributed by atoms with Gasteiger partial charge in [0, 0.05) is 12.8 Å². The third kappa shape index (κ3) is 4.23. The van der Waals surface area contributed by atoms with E-state index >= 15 is 0 Å². The van der Waals surface area contributed by atoms with Gasteiger partial charge in [0.25, 0.3) is 15.9 Å². The number of anilines is 1. The first-order valence-corrected chi connectivity index (χ1v) is 16.4. The Morgan fingerprint density at radius 1 is 1.24 bits per heavy atom. The number of carbonyl (C=O) groups is 1. The van der Waals surface area contributed by atoms with Crippen molar-refractivity contribution in [3.8, 4) is 0 Å². The number of aliphatic hydroxyl groups excluding tert-OH is 1. The average Bonchev–Trinajstić information content (AvgIpc) is 3.56. The number of sulfone groups is 1. The predicted molar refractivity (Wildman–Crippen MR) is 138 cm³/mol. The van der Waals surface area contributed by atoms with Crippen LogP contribution in [0.1, 0.15) is 24.0 Å². The number of aryl methyl sites for hydroxylation is 1. The van der Waals surface area contributed by atoms with Gasteiger partial charge in [0.05, 0.1) is 29.9 Å². The highest BCUT2D eigenvalue weighted by Gasteiger charge is 2.58. The van der Waals surface area contributed by atoms with Crippen LogP contribution < -0.4 is 5.32 Å². The van der Waals surface area contributed by atoms with Gasteiger partial charge < -0.3 is 20.1 Å². The maximum Gasteiger partial charge on any atom is 0.287 e. The van der Waals surface area contributed by atoms with E-state index in [-0.39, 0.29) is 58.0 Å². The van der Waals surface area contributed by atoms with Crippen molar-refractivity contribution in [2.45, 2.75) is 49.0 Å². The number of hydrogen-bond acceptors (Lipinski definition) is 9. The van der Waals surface area contributed by atoms with Gasteiger partial charge in [-0.05, 0) is 47.9 Å². The maximum atomic E-state index is 13.9. The number of aliphatic hydroxyl groups is 1. The number of fused-ring (bicyclic) bond motifs is 6. The van der Waals surface area contributed by atoms with Crippen LogP contribution in [-0.4, -0.2) is 68.8 Å². The van der Waals surface area contributed by atoms with Crippen LogP contribution in [0.2, 0.25) is 0 Å². The summed E-state index contributed by atoms with van der Waals surface area (Å²) >= 11 is 1.06. The number of amides is 1. The molecule has 2 N–H and O–H groups in total. The van der Waals surface area contributed by atoms with E-state index in [1.165, 1.54) is 12.1 Å². The third-order valence-electron chi connectivity index (χ3n) is 7.40. The number of benzene rings is 1. The minimum absolute atomic E-state index is 0.00108. The molecular formula is C24H24FN3O7S3. The highest BCUT2D eigenvalue weighted by molar-refractivity contribution is 7.91. The number of thiophene rings is 1. The van der Waals surface area contributed by atoms with Crippen LogP contribution in [-0.2, 0) is 42.4 Å². The molecule has 2 aromatic rings. The molecule has 0 radical (unpaired) electrons. The Morgan fingerprint density at radius 2 is 1.95 bits per heavy atom. The first kappa shape index (κ1) is 25.5. The van der Waals surface area contributed by atoms with Crippen LogP contribution in [0.15, 0.2) is 50.3 Å². The molecule has 0 spiro atoms. The number of carbonyl (C=O) groups excluding carboxylic acids is 1. The molecule has 6 rings (SSSR count). The average molecular weight is 582 g/mol. The largest absolute Gasteiger partial charge is 0.511 e. The monoisotopic (exact) mass is 581 g/mol. The standard InChI is InChI=1S/C24H24FN3O7S3/c1-37(31,32)9-8-13-11-36-23-21(13)38(33,34)27-22(26-23)18-20(29)17-15-6-7-16(35-15)19(17)28(24(18)30)10-12-2-4-14(25)5-3-12/h2-5,11,15-17,19,29H,6-10H2,1H3,(H,26,27). The van der Waals surface area contributed by atoms with Crippen LogP contribution in [0, 0.1) is 11.7 Å². The number of hydrogen-bond donors (Lipinski definition) is 2. The minimum Gasteiger partial charge on any atom is -0.511 e. The van der Waals surface area contributed by atoms with Crippen molar-refractivity contribution in [1.82, 2.24) is 4.90 Å². The fourth-order valence-corrected chi connectivity index (χ4v) is 9.02. The molecule has 1 aromatic heterocycles. The topological polar surface area (TPSA) is 142 Å². The Balaban J connectivity index is 1.39. The predicted octanol–water partition coefficient (Wildman–Crippen LogP) is 2.39. The van der Waals surface area contributed by atoms with Crippen LogP contribution >= 0.6 is 11.3 Å². The van der Waals surface area contributed by atoms with Gasteiger partial charge in [-0.1, -0.05) is 12.1 Å². The normalized spacial score (nSPS) is 27.7. The summed E-state index contributed by atoms with van der Waals surface area (Å²) in [7, 11) is -7.63. The molecule has 1 amide bonds. The second kappa shape index (κ2) is 8.86. The number of amidine groups is 1. The molecule has 4 atom stereocenters. The molecule has 10 nitrogen and oxygen atoms in total. The van der Waals surface area contributed by atoms with Gasteiger partial charge in [-0.3, -0.25) is 4.79 Å². The molecule has 0 saturated carbocycles. The zero-order valence-corrected chi connectivity index (χ0v) is 22.6. The molecule has 1 aromatic carbocycles. The molecular weight excluding hydrogens is 557 g/mol. The Kier molecular flexibility index (Phi) is 5.94. The fourth-order valence-electron chi connectivity index (χ4n) is 5.75. The number of nitrogens with one attached hydrogen (secondary N) is 1. The highest BCUT2D eigenvalue weighted by Crippen LogP contribution is 2.49. The van der Waals surface area contributed by atoms with E-state index < -0.39 is 43.5 Å². The molecule has 4 aliphatic rings. The molecule has 5 heterocycles. The summed E-state index contributed by atoms with van der Waals surface area (Å²) in [6.07, 6.45) is 1.89. The van der Waals surface area contributed by atoms with E-state index in [2.05, 4.69) is 9.71 Å². The van der Waals surface area contributed by atoms with Gasteiger partial charge in [0.1, 0.15) is 36.9 Å². The second-order valence-electron chi connectivity index (χ2n) is 9.97. The Bertz CT molecular complexity index is 1610. The van der Waals surface area contributed by atoms with E-state index in [1.807, 2.05) is 0 Å². The number of ether oxygens (including phenoxy) is 1. The van der Waals surface area contributed by atoms with E-state index in [0.29, 0.717) is 17.5 Å². The summed E-state index contributed by atoms with van der Waals surface area (Å²) in [5.74, 6) is -2.35. The third-order valence-corrected chi connectivity index (χ3v) is 10.8. The van der Waals surface area contributed by atoms with E-state index in [1.54, 1.807) is 22.4 Å². The van der Waals surface area contributed by atoms with Crippen molar-refractivity contribution in [1.29, 1.82) is 0 Å². The van der Waals surface area contributed by atoms with Crippen LogP contribution in [0.5, 0.6) is 0 Å².